The van der Waals surface area contributed by atoms with Gasteiger partial charge in [-0.15, -0.1) is 11.3 Å². The molecular weight excluding hydrogens is 302 g/mol. The van der Waals surface area contributed by atoms with Crippen molar-refractivity contribution in [2.24, 2.45) is 0 Å². The van der Waals surface area contributed by atoms with Crippen LogP contribution in [0.3, 0.4) is 0 Å². The number of rotatable bonds is 4. The summed E-state index contributed by atoms with van der Waals surface area (Å²) in [4.78, 5) is 0. The highest BCUT2D eigenvalue weighted by Gasteiger charge is 2.16. The SMILES string of the molecule is Cc1cc(C)cc(CNS(=O)(=O)c2ccc(Cl)s2)c1. The second-order valence-electron chi connectivity index (χ2n) is 4.38. The lowest BCUT2D eigenvalue weighted by Crippen LogP contribution is -2.22. The summed E-state index contributed by atoms with van der Waals surface area (Å²) in [5.74, 6) is 0. The molecule has 0 aliphatic rings. The minimum Gasteiger partial charge on any atom is -0.206 e. The zero-order valence-electron chi connectivity index (χ0n) is 10.6. The Labute approximate surface area is 122 Å². The molecule has 19 heavy (non-hydrogen) atoms. The molecule has 0 unspecified atom stereocenters. The molecule has 0 atom stereocenters. The topological polar surface area (TPSA) is 46.2 Å². The van der Waals surface area contributed by atoms with E-state index in [1.807, 2.05) is 26.0 Å². The maximum atomic E-state index is 12.0. The molecule has 1 heterocycles. The van der Waals surface area contributed by atoms with Crippen LogP contribution < -0.4 is 4.72 Å². The first-order chi connectivity index (χ1) is 8.87. The van der Waals surface area contributed by atoms with Gasteiger partial charge in [-0.2, -0.15) is 0 Å². The quantitative estimate of drug-likeness (QED) is 0.938. The molecule has 1 aromatic heterocycles. The van der Waals surface area contributed by atoms with E-state index in [1.165, 1.54) is 6.07 Å². The minimum atomic E-state index is -3.48. The molecule has 0 saturated carbocycles. The van der Waals surface area contributed by atoms with Crippen LogP contribution in [-0.4, -0.2) is 8.42 Å². The van der Waals surface area contributed by atoms with Crippen LogP contribution in [0.25, 0.3) is 0 Å². The minimum absolute atomic E-state index is 0.238. The Morgan fingerprint density at radius 1 is 1.16 bits per heavy atom. The summed E-state index contributed by atoms with van der Waals surface area (Å²) < 4.78 is 27.3. The first kappa shape index (κ1) is 14.5. The van der Waals surface area contributed by atoms with E-state index in [0.29, 0.717) is 4.34 Å². The molecule has 3 nitrogen and oxygen atoms in total. The number of thiophene rings is 1. The molecule has 0 bridgehead atoms. The highest BCUT2D eigenvalue weighted by atomic mass is 35.5. The maximum absolute atomic E-state index is 12.0. The third-order valence-corrected chi connectivity index (χ3v) is 5.69. The van der Waals surface area contributed by atoms with E-state index < -0.39 is 10.0 Å². The number of halogens is 1. The van der Waals surface area contributed by atoms with Crippen molar-refractivity contribution in [2.75, 3.05) is 0 Å². The summed E-state index contributed by atoms with van der Waals surface area (Å²) in [7, 11) is -3.48. The summed E-state index contributed by atoms with van der Waals surface area (Å²) in [5.41, 5.74) is 3.19. The van der Waals surface area contributed by atoms with Crippen molar-refractivity contribution in [1.29, 1.82) is 0 Å². The van der Waals surface area contributed by atoms with E-state index in [0.717, 1.165) is 28.0 Å². The lowest BCUT2D eigenvalue weighted by atomic mass is 10.1. The average Bonchev–Trinajstić information content (AvgIpc) is 2.73. The van der Waals surface area contributed by atoms with Crippen LogP contribution in [0.1, 0.15) is 16.7 Å². The van der Waals surface area contributed by atoms with Crippen LogP contribution >= 0.6 is 22.9 Å². The fourth-order valence-corrected chi connectivity index (χ4v) is 4.41. The second kappa shape index (κ2) is 5.63. The van der Waals surface area contributed by atoms with Crippen LogP contribution in [0.2, 0.25) is 4.34 Å². The van der Waals surface area contributed by atoms with Crippen molar-refractivity contribution in [3.8, 4) is 0 Å². The molecule has 0 spiro atoms. The fraction of sp³-hybridized carbons (Fsp3) is 0.231. The van der Waals surface area contributed by atoms with Gasteiger partial charge in [0.2, 0.25) is 10.0 Å². The zero-order valence-corrected chi connectivity index (χ0v) is 13.0. The molecule has 102 valence electrons. The molecule has 0 saturated heterocycles. The van der Waals surface area contributed by atoms with Crippen molar-refractivity contribution in [2.45, 2.75) is 24.6 Å². The molecule has 0 fully saturated rings. The molecule has 1 N–H and O–H groups in total. The van der Waals surface area contributed by atoms with Gasteiger partial charge < -0.3 is 0 Å². The van der Waals surface area contributed by atoms with Gasteiger partial charge in [-0.3, -0.25) is 0 Å². The van der Waals surface area contributed by atoms with Crippen molar-refractivity contribution in [3.63, 3.8) is 0 Å². The maximum Gasteiger partial charge on any atom is 0.250 e. The number of sulfonamides is 1. The van der Waals surface area contributed by atoms with E-state index in [2.05, 4.69) is 10.8 Å². The summed E-state index contributed by atoms with van der Waals surface area (Å²) in [6, 6.07) is 9.08. The van der Waals surface area contributed by atoms with Gasteiger partial charge in [0.1, 0.15) is 4.21 Å². The van der Waals surface area contributed by atoms with Gasteiger partial charge in [0, 0.05) is 6.54 Å². The molecule has 2 aromatic rings. The first-order valence-corrected chi connectivity index (χ1v) is 8.37. The van der Waals surface area contributed by atoms with E-state index in [1.54, 1.807) is 6.07 Å². The largest absolute Gasteiger partial charge is 0.250 e. The first-order valence-electron chi connectivity index (χ1n) is 5.69. The molecule has 0 aliphatic heterocycles. The Morgan fingerprint density at radius 2 is 1.79 bits per heavy atom. The Balaban J connectivity index is 2.14. The number of hydrogen-bond acceptors (Lipinski definition) is 3. The molecule has 6 heteroatoms. The summed E-state index contributed by atoms with van der Waals surface area (Å²) in [6.07, 6.45) is 0. The van der Waals surface area contributed by atoms with Crippen molar-refractivity contribution < 1.29 is 8.42 Å². The van der Waals surface area contributed by atoms with Crippen LogP contribution in [0.4, 0.5) is 0 Å². The van der Waals surface area contributed by atoms with Gasteiger partial charge in [-0.25, -0.2) is 13.1 Å². The summed E-state index contributed by atoms with van der Waals surface area (Å²) in [5, 5.41) is 0. The number of hydrogen-bond donors (Lipinski definition) is 1. The number of nitrogens with one attached hydrogen (secondary N) is 1. The predicted molar refractivity (Wildman–Crippen MR) is 79.3 cm³/mol. The fourth-order valence-electron chi connectivity index (χ4n) is 1.86. The van der Waals surface area contributed by atoms with E-state index in [-0.39, 0.29) is 10.8 Å². The van der Waals surface area contributed by atoms with Gasteiger partial charge in [0.15, 0.2) is 0 Å². The third-order valence-electron chi connectivity index (χ3n) is 2.56. The van der Waals surface area contributed by atoms with Gasteiger partial charge in [-0.05, 0) is 31.5 Å². The Hall–Kier alpha value is -0.880. The highest BCUT2D eigenvalue weighted by Crippen LogP contribution is 2.25. The van der Waals surface area contributed by atoms with Crippen LogP contribution in [0.5, 0.6) is 0 Å². The predicted octanol–water partition coefficient (Wildman–Crippen LogP) is 3.50. The second-order valence-corrected chi connectivity index (χ2v) is 8.09. The highest BCUT2D eigenvalue weighted by molar-refractivity contribution is 7.91. The van der Waals surface area contributed by atoms with Gasteiger partial charge in [-0.1, -0.05) is 40.9 Å². The average molecular weight is 316 g/mol. The molecule has 0 aliphatic carbocycles. The normalized spacial score (nSPS) is 11.7. The van der Waals surface area contributed by atoms with Crippen molar-refractivity contribution in [3.05, 3.63) is 51.4 Å². The van der Waals surface area contributed by atoms with Crippen molar-refractivity contribution in [1.82, 2.24) is 4.72 Å². The standard InChI is InChI=1S/C13H14ClNO2S2/c1-9-5-10(2)7-11(6-9)8-15-19(16,17)13-4-3-12(14)18-13/h3-7,15H,8H2,1-2H3. The summed E-state index contributed by atoms with van der Waals surface area (Å²) in [6.45, 7) is 4.26. The van der Waals surface area contributed by atoms with Gasteiger partial charge in [0.25, 0.3) is 0 Å². The molecular formula is C13H14ClNO2S2. The lowest BCUT2D eigenvalue weighted by Gasteiger charge is -2.07. The smallest absolute Gasteiger partial charge is 0.206 e. The van der Waals surface area contributed by atoms with Crippen LogP contribution in [0.15, 0.2) is 34.5 Å². The number of aryl methyl sites for hydroxylation is 2. The molecule has 0 amide bonds. The molecule has 1 aromatic carbocycles. The van der Waals surface area contributed by atoms with E-state index in [4.69, 9.17) is 11.6 Å². The Morgan fingerprint density at radius 3 is 2.32 bits per heavy atom. The van der Waals surface area contributed by atoms with Gasteiger partial charge in [0.05, 0.1) is 4.34 Å². The van der Waals surface area contributed by atoms with E-state index >= 15 is 0 Å². The van der Waals surface area contributed by atoms with Gasteiger partial charge >= 0.3 is 0 Å². The van der Waals surface area contributed by atoms with E-state index in [9.17, 15) is 8.42 Å². The summed E-state index contributed by atoms with van der Waals surface area (Å²) >= 11 is 6.80. The Bertz CT molecular complexity index is 672. The van der Waals surface area contributed by atoms with Crippen LogP contribution in [-0.2, 0) is 16.6 Å². The van der Waals surface area contributed by atoms with Crippen molar-refractivity contribution >= 4 is 33.0 Å². The lowest BCUT2D eigenvalue weighted by molar-refractivity contribution is 0.583. The zero-order chi connectivity index (χ0) is 14.0. The Kier molecular flexibility index (Phi) is 4.30. The third kappa shape index (κ3) is 3.79. The molecule has 0 radical (unpaired) electrons. The monoisotopic (exact) mass is 315 g/mol. The number of benzene rings is 1. The molecule has 2 rings (SSSR count). The van der Waals surface area contributed by atoms with Crippen LogP contribution in [0, 0.1) is 13.8 Å².